The molecule has 4 rings (SSSR count). The van der Waals surface area contributed by atoms with Crippen molar-refractivity contribution in [2.24, 2.45) is 0 Å². The molecule has 96 valence electrons. The van der Waals surface area contributed by atoms with Crippen LogP contribution in [0.1, 0.15) is 17.0 Å². The van der Waals surface area contributed by atoms with E-state index < -0.39 is 0 Å². The maximum Gasteiger partial charge on any atom is 0.214 e. The zero-order valence-corrected chi connectivity index (χ0v) is 11.3. The summed E-state index contributed by atoms with van der Waals surface area (Å²) >= 11 is 1.62. The Bertz CT molecular complexity index is 714. The van der Waals surface area contributed by atoms with Crippen LogP contribution in [0.4, 0.5) is 5.13 Å². The molecule has 0 radical (unpaired) electrons. The summed E-state index contributed by atoms with van der Waals surface area (Å²) in [6.45, 7) is 3.73. The first kappa shape index (κ1) is 10.9. The molecule has 0 aliphatic carbocycles. The van der Waals surface area contributed by atoms with E-state index in [9.17, 15) is 0 Å². The Hall–Kier alpha value is -2.02. The third-order valence-corrected chi connectivity index (χ3v) is 4.28. The number of hydrogen-bond acceptors (Lipinski definition) is 6. The SMILES string of the molecule is Cc1cn2nc(N3CCc4cncnc4C3)sc2n1. The van der Waals surface area contributed by atoms with Gasteiger partial charge in [-0.25, -0.2) is 19.5 Å². The Morgan fingerprint density at radius 2 is 2.32 bits per heavy atom. The number of rotatable bonds is 1. The van der Waals surface area contributed by atoms with Crippen LogP contribution in [0.25, 0.3) is 4.96 Å². The van der Waals surface area contributed by atoms with E-state index in [1.807, 2.05) is 23.8 Å². The van der Waals surface area contributed by atoms with Gasteiger partial charge in [-0.1, -0.05) is 11.3 Å². The second-order valence-electron chi connectivity index (χ2n) is 4.66. The fourth-order valence-corrected chi connectivity index (χ4v) is 3.29. The fraction of sp³-hybridized carbons (Fsp3) is 0.333. The Kier molecular flexibility index (Phi) is 2.28. The van der Waals surface area contributed by atoms with E-state index in [0.717, 1.165) is 41.0 Å². The van der Waals surface area contributed by atoms with Crippen molar-refractivity contribution in [3.8, 4) is 0 Å². The molecule has 6 nitrogen and oxygen atoms in total. The average Bonchev–Trinajstić information content (AvgIpc) is 2.95. The van der Waals surface area contributed by atoms with Crippen LogP contribution in [0.5, 0.6) is 0 Å². The molecule has 19 heavy (non-hydrogen) atoms. The Morgan fingerprint density at radius 1 is 1.37 bits per heavy atom. The lowest BCUT2D eigenvalue weighted by atomic mass is 10.1. The van der Waals surface area contributed by atoms with Crippen LogP contribution < -0.4 is 4.90 Å². The van der Waals surface area contributed by atoms with Crippen LogP contribution in [0.3, 0.4) is 0 Å². The largest absolute Gasteiger partial charge is 0.340 e. The molecule has 0 N–H and O–H groups in total. The van der Waals surface area contributed by atoms with Gasteiger partial charge in [0.25, 0.3) is 0 Å². The van der Waals surface area contributed by atoms with Crippen molar-refractivity contribution in [1.82, 2.24) is 24.6 Å². The summed E-state index contributed by atoms with van der Waals surface area (Å²) in [7, 11) is 0. The second-order valence-corrected chi connectivity index (χ2v) is 5.59. The van der Waals surface area contributed by atoms with Gasteiger partial charge in [0.2, 0.25) is 10.1 Å². The minimum Gasteiger partial charge on any atom is -0.340 e. The average molecular weight is 272 g/mol. The molecule has 0 amide bonds. The maximum absolute atomic E-state index is 4.59. The molecule has 4 heterocycles. The summed E-state index contributed by atoms with van der Waals surface area (Å²) in [6, 6.07) is 0. The predicted octanol–water partition coefficient (Wildman–Crippen LogP) is 1.45. The molecule has 0 fully saturated rings. The van der Waals surface area contributed by atoms with Crippen molar-refractivity contribution in [1.29, 1.82) is 0 Å². The van der Waals surface area contributed by atoms with Gasteiger partial charge in [0, 0.05) is 12.7 Å². The molecule has 0 unspecified atom stereocenters. The zero-order valence-electron chi connectivity index (χ0n) is 10.4. The van der Waals surface area contributed by atoms with Gasteiger partial charge >= 0.3 is 0 Å². The highest BCUT2D eigenvalue weighted by Crippen LogP contribution is 2.27. The summed E-state index contributed by atoms with van der Waals surface area (Å²) in [5, 5.41) is 5.59. The van der Waals surface area contributed by atoms with Crippen molar-refractivity contribution < 1.29 is 0 Å². The first-order valence-electron chi connectivity index (χ1n) is 6.15. The minimum atomic E-state index is 0.799. The van der Waals surface area contributed by atoms with E-state index in [1.54, 1.807) is 17.7 Å². The third kappa shape index (κ3) is 1.77. The van der Waals surface area contributed by atoms with E-state index in [2.05, 4.69) is 25.0 Å². The van der Waals surface area contributed by atoms with Crippen molar-refractivity contribution in [3.63, 3.8) is 0 Å². The van der Waals surface area contributed by atoms with Crippen molar-refractivity contribution in [3.05, 3.63) is 35.7 Å². The lowest BCUT2D eigenvalue weighted by Gasteiger charge is -2.26. The molecule has 1 aliphatic heterocycles. The van der Waals surface area contributed by atoms with Crippen LogP contribution in [0.15, 0.2) is 18.7 Å². The maximum atomic E-state index is 4.59. The summed E-state index contributed by atoms with van der Waals surface area (Å²) in [6.07, 6.45) is 6.45. The smallest absolute Gasteiger partial charge is 0.214 e. The number of imidazole rings is 1. The van der Waals surface area contributed by atoms with Gasteiger partial charge in [0.05, 0.1) is 24.1 Å². The van der Waals surface area contributed by atoms with Gasteiger partial charge in [-0.15, -0.1) is 5.10 Å². The van der Waals surface area contributed by atoms with Crippen LogP contribution in [-0.2, 0) is 13.0 Å². The van der Waals surface area contributed by atoms with Gasteiger partial charge in [0.1, 0.15) is 6.33 Å². The number of aryl methyl sites for hydroxylation is 1. The number of nitrogens with zero attached hydrogens (tertiary/aromatic N) is 6. The lowest BCUT2D eigenvalue weighted by Crippen LogP contribution is -2.31. The van der Waals surface area contributed by atoms with Crippen LogP contribution in [0, 0.1) is 6.92 Å². The Morgan fingerprint density at radius 3 is 3.21 bits per heavy atom. The highest BCUT2D eigenvalue weighted by molar-refractivity contribution is 7.20. The number of anilines is 1. The lowest BCUT2D eigenvalue weighted by molar-refractivity contribution is 0.694. The van der Waals surface area contributed by atoms with Gasteiger partial charge in [-0.3, -0.25) is 0 Å². The first-order valence-corrected chi connectivity index (χ1v) is 6.97. The second kappa shape index (κ2) is 3.99. The molecule has 0 aromatic carbocycles. The van der Waals surface area contributed by atoms with E-state index in [1.165, 1.54) is 5.56 Å². The van der Waals surface area contributed by atoms with Crippen LogP contribution in [-0.4, -0.2) is 31.1 Å². The zero-order chi connectivity index (χ0) is 12.8. The van der Waals surface area contributed by atoms with E-state index in [-0.39, 0.29) is 0 Å². The highest BCUT2D eigenvalue weighted by atomic mass is 32.1. The normalized spacial score (nSPS) is 14.9. The van der Waals surface area contributed by atoms with E-state index >= 15 is 0 Å². The topological polar surface area (TPSA) is 59.2 Å². The van der Waals surface area contributed by atoms with Crippen molar-refractivity contribution >= 4 is 21.4 Å². The van der Waals surface area contributed by atoms with Crippen LogP contribution in [0.2, 0.25) is 0 Å². The quantitative estimate of drug-likeness (QED) is 0.671. The van der Waals surface area contributed by atoms with Gasteiger partial charge in [0.15, 0.2) is 0 Å². The number of aromatic nitrogens is 5. The molecular formula is C12H12N6S. The molecule has 3 aromatic heterocycles. The minimum absolute atomic E-state index is 0.799. The highest BCUT2D eigenvalue weighted by Gasteiger charge is 2.20. The fourth-order valence-electron chi connectivity index (χ4n) is 2.34. The molecule has 0 spiro atoms. The summed E-state index contributed by atoms with van der Waals surface area (Å²) < 4.78 is 1.85. The molecule has 3 aromatic rings. The summed E-state index contributed by atoms with van der Waals surface area (Å²) in [5.41, 5.74) is 3.35. The van der Waals surface area contributed by atoms with Gasteiger partial charge in [-0.05, 0) is 18.9 Å². The first-order chi connectivity index (χ1) is 9.29. The third-order valence-electron chi connectivity index (χ3n) is 3.30. The molecule has 0 atom stereocenters. The standard InChI is InChI=1S/C12H12N6S/c1-8-5-18-11(15-8)19-12(16-18)17-3-2-9-4-13-7-14-10(9)6-17/h4-5,7H,2-3,6H2,1H3. The molecule has 0 saturated carbocycles. The van der Waals surface area contributed by atoms with E-state index in [0.29, 0.717) is 0 Å². The number of hydrogen-bond donors (Lipinski definition) is 0. The van der Waals surface area contributed by atoms with Crippen molar-refractivity contribution in [2.45, 2.75) is 19.9 Å². The molecule has 0 saturated heterocycles. The Labute approximate surface area is 113 Å². The van der Waals surface area contributed by atoms with E-state index in [4.69, 9.17) is 0 Å². The molecular weight excluding hydrogens is 260 g/mol. The van der Waals surface area contributed by atoms with Crippen molar-refractivity contribution in [2.75, 3.05) is 11.4 Å². The number of fused-ring (bicyclic) bond motifs is 2. The van der Waals surface area contributed by atoms with Gasteiger partial charge < -0.3 is 4.90 Å². The summed E-state index contributed by atoms with van der Waals surface area (Å²) in [4.78, 5) is 16.1. The Balaban J connectivity index is 1.68. The van der Waals surface area contributed by atoms with Gasteiger partial charge in [-0.2, -0.15) is 0 Å². The monoisotopic (exact) mass is 272 g/mol. The molecule has 7 heteroatoms. The predicted molar refractivity (Wildman–Crippen MR) is 72.4 cm³/mol. The molecule has 0 bridgehead atoms. The summed E-state index contributed by atoms with van der Waals surface area (Å²) in [5.74, 6) is 0. The molecule has 1 aliphatic rings. The van der Waals surface area contributed by atoms with Crippen LogP contribution >= 0.6 is 11.3 Å².